The van der Waals surface area contributed by atoms with E-state index in [9.17, 15) is 0 Å². The molecule has 0 saturated carbocycles. The summed E-state index contributed by atoms with van der Waals surface area (Å²) in [6, 6.07) is 11.6. The summed E-state index contributed by atoms with van der Waals surface area (Å²) in [4.78, 5) is 0. The van der Waals surface area contributed by atoms with Crippen molar-refractivity contribution in [2.45, 2.75) is 13.3 Å². The van der Waals surface area contributed by atoms with Crippen molar-refractivity contribution in [3.05, 3.63) is 57.0 Å². The first kappa shape index (κ1) is 14.4. The van der Waals surface area contributed by atoms with E-state index in [4.69, 9.17) is 22.1 Å². The van der Waals surface area contributed by atoms with E-state index in [1.807, 2.05) is 43.3 Å². The average molecular weight is 341 g/mol. The number of hydrogen-bond donors (Lipinski definition) is 1. The molecule has 0 aliphatic heterocycles. The number of halogens is 2. The minimum Gasteiger partial charge on any atom is -0.457 e. The van der Waals surface area contributed by atoms with Crippen LogP contribution in [0.15, 0.2) is 40.9 Å². The van der Waals surface area contributed by atoms with Crippen LogP contribution < -0.4 is 10.5 Å². The zero-order valence-electron chi connectivity index (χ0n) is 10.6. The van der Waals surface area contributed by atoms with Gasteiger partial charge in [-0.05, 0) is 61.3 Å². The molecule has 0 amide bonds. The van der Waals surface area contributed by atoms with Gasteiger partial charge in [0.1, 0.15) is 11.5 Å². The van der Waals surface area contributed by atoms with Crippen molar-refractivity contribution in [3.63, 3.8) is 0 Å². The zero-order valence-corrected chi connectivity index (χ0v) is 13.0. The number of aryl methyl sites for hydroxylation is 1. The van der Waals surface area contributed by atoms with Crippen LogP contribution in [-0.4, -0.2) is 6.54 Å². The maximum Gasteiger partial charge on any atom is 0.130 e. The molecule has 0 bridgehead atoms. The van der Waals surface area contributed by atoms with E-state index in [1.165, 1.54) is 0 Å². The van der Waals surface area contributed by atoms with Gasteiger partial charge < -0.3 is 10.5 Å². The molecular formula is C15H15BrClNO. The van der Waals surface area contributed by atoms with E-state index >= 15 is 0 Å². The second kappa shape index (κ2) is 6.42. The van der Waals surface area contributed by atoms with Crippen LogP contribution in [0.2, 0.25) is 5.02 Å². The third kappa shape index (κ3) is 3.72. The van der Waals surface area contributed by atoms with Crippen molar-refractivity contribution in [1.82, 2.24) is 0 Å². The molecule has 0 spiro atoms. The van der Waals surface area contributed by atoms with E-state index in [2.05, 4.69) is 15.9 Å². The van der Waals surface area contributed by atoms with Crippen molar-refractivity contribution in [2.75, 3.05) is 6.54 Å². The molecule has 0 aliphatic rings. The Hall–Kier alpha value is -1.03. The maximum atomic E-state index is 6.20. The minimum absolute atomic E-state index is 0.589. The maximum absolute atomic E-state index is 6.20. The van der Waals surface area contributed by atoms with Gasteiger partial charge in [0.15, 0.2) is 0 Å². The van der Waals surface area contributed by atoms with E-state index < -0.39 is 0 Å². The smallest absolute Gasteiger partial charge is 0.130 e. The summed E-state index contributed by atoms with van der Waals surface area (Å²) in [5.41, 5.74) is 7.64. The second-order valence-corrected chi connectivity index (χ2v) is 5.63. The molecule has 19 heavy (non-hydrogen) atoms. The summed E-state index contributed by atoms with van der Waals surface area (Å²) in [6.07, 6.45) is 0.774. The lowest BCUT2D eigenvalue weighted by molar-refractivity contribution is 0.478. The molecule has 2 N–H and O–H groups in total. The third-order valence-corrected chi connectivity index (χ3v) is 3.65. The van der Waals surface area contributed by atoms with Crippen LogP contribution in [0.4, 0.5) is 0 Å². The topological polar surface area (TPSA) is 35.2 Å². The van der Waals surface area contributed by atoms with Crippen LogP contribution in [0.1, 0.15) is 11.1 Å². The molecule has 0 heterocycles. The molecule has 100 valence electrons. The highest BCUT2D eigenvalue weighted by Gasteiger charge is 2.05. The summed E-state index contributed by atoms with van der Waals surface area (Å²) in [6.45, 7) is 2.59. The largest absolute Gasteiger partial charge is 0.457 e. The Morgan fingerprint density at radius 2 is 2.00 bits per heavy atom. The molecule has 2 aromatic carbocycles. The fourth-order valence-corrected chi connectivity index (χ4v) is 2.54. The van der Waals surface area contributed by atoms with Crippen molar-refractivity contribution < 1.29 is 4.74 Å². The van der Waals surface area contributed by atoms with E-state index in [-0.39, 0.29) is 0 Å². The van der Waals surface area contributed by atoms with Crippen molar-refractivity contribution >= 4 is 27.5 Å². The molecule has 0 saturated heterocycles. The zero-order chi connectivity index (χ0) is 13.8. The lowest BCUT2D eigenvalue weighted by Gasteiger charge is -2.10. The molecular weight excluding hydrogens is 326 g/mol. The molecule has 0 aromatic heterocycles. The van der Waals surface area contributed by atoms with Gasteiger partial charge in [-0.15, -0.1) is 0 Å². The van der Waals surface area contributed by atoms with Crippen LogP contribution in [0.5, 0.6) is 11.5 Å². The van der Waals surface area contributed by atoms with Gasteiger partial charge >= 0.3 is 0 Å². The standard InChI is InChI=1S/C15H15BrClNO/c1-10-8-12(16)3-5-15(10)19-13-4-2-11(6-7-18)14(17)9-13/h2-5,8-9H,6-7,18H2,1H3. The molecule has 0 aliphatic carbocycles. The van der Waals surface area contributed by atoms with E-state index in [0.717, 1.165) is 33.5 Å². The summed E-state index contributed by atoms with van der Waals surface area (Å²) >= 11 is 9.63. The summed E-state index contributed by atoms with van der Waals surface area (Å²) in [5.74, 6) is 1.56. The van der Waals surface area contributed by atoms with Gasteiger partial charge in [-0.1, -0.05) is 33.6 Å². The first-order valence-corrected chi connectivity index (χ1v) is 7.20. The number of ether oxygens (including phenoxy) is 1. The Labute approximate surface area is 126 Å². The van der Waals surface area contributed by atoms with Gasteiger partial charge in [-0.2, -0.15) is 0 Å². The normalized spacial score (nSPS) is 10.5. The number of benzene rings is 2. The van der Waals surface area contributed by atoms with Crippen LogP contribution >= 0.6 is 27.5 Å². The SMILES string of the molecule is Cc1cc(Br)ccc1Oc1ccc(CCN)c(Cl)c1. The van der Waals surface area contributed by atoms with Crippen molar-refractivity contribution in [3.8, 4) is 11.5 Å². The highest BCUT2D eigenvalue weighted by Crippen LogP contribution is 2.30. The second-order valence-electron chi connectivity index (χ2n) is 4.30. The number of nitrogens with two attached hydrogens (primary N) is 1. The molecule has 4 heteroatoms. The molecule has 0 fully saturated rings. The monoisotopic (exact) mass is 339 g/mol. The Morgan fingerprint density at radius 1 is 1.21 bits per heavy atom. The van der Waals surface area contributed by atoms with Gasteiger partial charge in [-0.25, -0.2) is 0 Å². The molecule has 0 radical (unpaired) electrons. The Bertz CT molecular complexity index is 586. The Kier molecular flexibility index (Phi) is 4.86. The summed E-state index contributed by atoms with van der Waals surface area (Å²) < 4.78 is 6.88. The first-order valence-electron chi connectivity index (χ1n) is 6.02. The molecule has 0 atom stereocenters. The van der Waals surface area contributed by atoms with E-state index in [0.29, 0.717) is 11.6 Å². The summed E-state index contributed by atoms with van der Waals surface area (Å²) in [5, 5.41) is 0.692. The van der Waals surface area contributed by atoms with Crippen LogP contribution in [0.25, 0.3) is 0 Å². The highest BCUT2D eigenvalue weighted by atomic mass is 79.9. The highest BCUT2D eigenvalue weighted by molar-refractivity contribution is 9.10. The first-order chi connectivity index (χ1) is 9.10. The van der Waals surface area contributed by atoms with Gasteiger partial charge in [-0.3, -0.25) is 0 Å². The predicted octanol–water partition coefficient (Wildman–Crippen LogP) is 4.70. The molecule has 2 nitrogen and oxygen atoms in total. The summed E-state index contributed by atoms with van der Waals surface area (Å²) in [7, 11) is 0. The fourth-order valence-electron chi connectivity index (χ4n) is 1.80. The Balaban J connectivity index is 2.21. The van der Waals surface area contributed by atoms with Crippen molar-refractivity contribution in [1.29, 1.82) is 0 Å². The molecule has 2 aromatic rings. The lowest BCUT2D eigenvalue weighted by atomic mass is 10.1. The van der Waals surface area contributed by atoms with Gasteiger partial charge in [0.05, 0.1) is 0 Å². The fraction of sp³-hybridized carbons (Fsp3) is 0.200. The van der Waals surface area contributed by atoms with E-state index in [1.54, 1.807) is 0 Å². The van der Waals surface area contributed by atoms with Crippen LogP contribution in [0.3, 0.4) is 0 Å². The predicted molar refractivity (Wildman–Crippen MR) is 83.2 cm³/mol. The van der Waals surface area contributed by atoms with Crippen molar-refractivity contribution in [2.24, 2.45) is 5.73 Å². The number of hydrogen-bond acceptors (Lipinski definition) is 2. The van der Waals surface area contributed by atoms with Gasteiger partial charge in [0.2, 0.25) is 0 Å². The molecule has 2 rings (SSSR count). The minimum atomic E-state index is 0.589. The van der Waals surface area contributed by atoms with Crippen LogP contribution in [0, 0.1) is 6.92 Å². The van der Waals surface area contributed by atoms with Gasteiger partial charge in [0, 0.05) is 9.50 Å². The number of rotatable bonds is 4. The Morgan fingerprint density at radius 3 is 2.63 bits per heavy atom. The van der Waals surface area contributed by atoms with Crippen LogP contribution in [-0.2, 0) is 6.42 Å². The quantitative estimate of drug-likeness (QED) is 0.875. The van der Waals surface area contributed by atoms with Gasteiger partial charge in [0.25, 0.3) is 0 Å². The third-order valence-electron chi connectivity index (χ3n) is 2.80. The lowest BCUT2D eigenvalue weighted by Crippen LogP contribution is -2.03. The molecule has 0 unspecified atom stereocenters. The average Bonchev–Trinajstić information content (AvgIpc) is 2.36.